The Morgan fingerprint density at radius 3 is 1.40 bits per heavy atom. The molecule has 2 aliphatic heterocycles. The molecular formula is C34H48N8O6S2. The van der Waals surface area contributed by atoms with Crippen LogP contribution in [0.5, 0.6) is 11.5 Å². The van der Waals surface area contributed by atoms with E-state index in [9.17, 15) is 16.8 Å². The molecule has 2 aromatic carbocycles. The number of sulfonamides is 2. The van der Waals surface area contributed by atoms with Gasteiger partial charge >= 0.3 is 0 Å². The van der Waals surface area contributed by atoms with Crippen LogP contribution in [0, 0.1) is 0 Å². The van der Waals surface area contributed by atoms with Gasteiger partial charge in [0.15, 0.2) is 10.1 Å². The second-order valence-electron chi connectivity index (χ2n) is 12.7. The number of aryl methyl sites for hydroxylation is 2. The van der Waals surface area contributed by atoms with Crippen LogP contribution in [-0.4, -0.2) is 90.9 Å². The lowest BCUT2D eigenvalue weighted by molar-refractivity contribution is 0.123. The molecule has 0 spiro atoms. The summed E-state index contributed by atoms with van der Waals surface area (Å²) < 4.78 is 65.2. The van der Waals surface area contributed by atoms with Crippen LogP contribution in [0.25, 0.3) is 0 Å². The van der Waals surface area contributed by atoms with Gasteiger partial charge in [-0.2, -0.15) is 14.5 Å². The van der Waals surface area contributed by atoms with Crippen LogP contribution in [0.1, 0.15) is 61.3 Å². The third kappa shape index (κ3) is 8.55. The number of methoxy groups -OCH3 is 2. The zero-order chi connectivity index (χ0) is 36.2. The minimum atomic E-state index is -3.86. The first kappa shape index (κ1) is 37.5. The Balaban J connectivity index is 0.000000253. The van der Waals surface area contributed by atoms with Gasteiger partial charge in [-0.3, -0.25) is 19.2 Å². The summed E-state index contributed by atoms with van der Waals surface area (Å²) in [6, 6.07) is 18.4. The Labute approximate surface area is 295 Å². The van der Waals surface area contributed by atoms with Crippen LogP contribution in [0.15, 0.2) is 70.7 Å². The number of benzene rings is 2. The maximum atomic E-state index is 13.8. The Bertz CT molecular complexity index is 1900. The molecule has 2 aromatic heterocycles. The molecule has 16 heteroatoms. The molecule has 0 amide bonds. The maximum Gasteiger partial charge on any atom is 0.263 e. The summed E-state index contributed by atoms with van der Waals surface area (Å²) >= 11 is 0. The first-order valence-corrected chi connectivity index (χ1v) is 19.5. The molecule has 272 valence electrons. The van der Waals surface area contributed by atoms with E-state index in [0.29, 0.717) is 0 Å². The summed E-state index contributed by atoms with van der Waals surface area (Å²) in [4.78, 5) is 4.59. The second kappa shape index (κ2) is 15.6. The number of primary sulfonamides is 1. The quantitative estimate of drug-likeness (QED) is 0.216. The van der Waals surface area contributed by atoms with E-state index in [0.717, 1.165) is 60.2 Å². The van der Waals surface area contributed by atoms with E-state index >= 15 is 0 Å². The molecule has 0 radical (unpaired) electrons. The first-order chi connectivity index (χ1) is 23.7. The summed E-state index contributed by atoms with van der Waals surface area (Å²) in [5.74, 6) is 1.45. The lowest BCUT2D eigenvalue weighted by Gasteiger charge is -2.36. The SMILES string of the molecule is CC(c1cc(S(N)(=O)=O)nn1C)N1CCC1.COc1ccc(CN(Cc2ccc(OC)cc2)S(=O)(=O)c2cc(C(C)N3CCC3)n(C)n2)cc1. The van der Waals surface area contributed by atoms with E-state index in [1.807, 2.05) is 62.5 Å². The van der Waals surface area contributed by atoms with Crippen LogP contribution in [0.2, 0.25) is 0 Å². The van der Waals surface area contributed by atoms with Gasteiger partial charge in [-0.05, 0) is 62.1 Å². The highest BCUT2D eigenvalue weighted by Crippen LogP contribution is 2.29. The molecule has 4 heterocycles. The fraction of sp³-hybridized carbons (Fsp3) is 0.471. The Kier molecular flexibility index (Phi) is 11.7. The van der Waals surface area contributed by atoms with E-state index in [1.165, 1.54) is 17.1 Å². The molecule has 2 atom stereocenters. The zero-order valence-corrected chi connectivity index (χ0v) is 31.2. The predicted molar refractivity (Wildman–Crippen MR) is 189 cm³/mol. The van der Waals surface area contributed by atoms with Crippen molar-refractivity contribution in [2.45, 2.75) is 61.9 Å². The molecule has 2 saturated heterocycles. The Morgan fingerprint density at radius 2 is 1.08 bits per heavy atom. The van der Waals surface area contributed by atoms with Gasteiger partial charge in [0.05, 0.1) is 25.6 Å². The van der Waals surface area contributed by atoms with Crippen molar-refractivity contribution in [2.24, 2.45) is 19.2 Å². The summed E-state index contributed by atoms with van der Waals surface area (Å²) in [5.41, 5.74) is 3.50. The molecule has 2 N–H and O–H groups in total. The standard InChI is InChI=1S/C25H32N4O4S.C9H16N4O2S/c1-19(28-14-5-15-28)24-16-25(26-27(24)2)34(30,31)29(17-20-6-10-22(32-3)11-7-20)18-21-8-12-23(33-4)13-9-21;1-7(13-4-3-5-13)8-6-9(11-12(8)2)16(10,14)15/h6-13,16,19H,5,14-15,17-18H2,1-4H3;6-7H,3-5H2,1-2H3,(H2,10,14,15). The number of hydrogen-bond acceptors (Lipinski definition) is 10. The van der Waals surface area contributed by atoms with Gasteiger partial charge in [0, 0.05) is 77.6 Å². The molecule has 14 nitrogen and oxygen atoms in total. The molecule has 0 saturated carbocycles. The van der Waals surface area contributed by atoms with E-state index in [-0.39, 0.29) is 35.2 Å². The number of likely N-dealkylation sites (tertiary alicyclic amines) is 2. The highest BCUT2D eigenvalue weighted by atomic mass is 32.2. The number of hydrogen-bond donors (Lipinski definition) is 1. The minimum absolute atomic E-state index is 0.0580. The average molecular weight is 729 g/mol. The van der Waals surface area contributed by atoms with Crippen molar-refractivity contribution in [3.8, 4) is 11.5 Å². The maximum absolute atomic E-state index is 13.8. The number of nitrogens with zero attached hydrogens (tertiary/aromatic N) is 7. The van der Waals surface area contributed by atoms with Crippen molar-refractivity contribution in [3.05, 3.63) is 83.2 Å². The normalized spacial score (nSPS) is 16.6. The molecule has 4 aromatic rings. The Morgan fingerprint density at radius 1 is 0.700 bits per heavy atom. The molecular weight excluding hydrogens is 681 g/mol. The third-order valence-corrected chi connectivity index (χ3v) is 11.9. The number of nitrogens with two attached hydrogens (primary N) is 1. The van der Waals surface area contributed by atoms with Crippen molar-refractivity contribution in [3.63, 3.8) is 0 Å². The van der Waals surface area contributed by atoms with E-state index in [4.69, 9.17) is 14.6 Å². The monoisotopic (exact) mass is 728 g/mol. The fourth-order valence-electron chi connectivity index (χ4n) is 6.01. The van der Waals surface area contributed by atoms with Crippen LogP contribution >= 0.6 is 0 Å². The smallest absolute Gasteiger partial charge is 0.263 e. The highest BCUT2D eigenvalue weighted by Gasteiger charge is 2.31. The molecule has 2 unspecified atom stereocenters. The number of rotatable bonds is 13. The first-order valence-electron chi connectivity index (χ1n) is 16.6. The number of ether oxygens (including phenoxy) is 2. The van der Waals surface area contributed by atoms with Gasteiger partial charge in [0.1, 0.15) is 11.5 Å². The molecule has 0 bridgehead atoms. The molecule has 0 aliphatic carbocycles. The van der Waals surface area contributed by atoms with Crippen molar-refractivity contribution in [1.29, 1.82) is 0 Å². The van der Waals surface area contributed by atoms with Gasteiger partial charge in [-0.25, -0.2) is 22.0 Å². The van der Waals surface area contributed by atoms with Crippen molar-refractivity contribution >= 4 is 20.0 Å². The lowest BCUT2D eigenvalue weighted by Crippen LogP contribution is -2.39. The van der Waals surface area contributed by atoms with E-state index in [1.54, 1.807) is 42.8 Å². The topological polar surface area (TPSA) is 158 Å². The van der Waals surface area contributed by atoms with E-state index in [2.05, 4.69) is 26.9 Å². The molecule has 2 aliphatic rings. The molecule has 50 heavy (non-hydrogen) atoms. The van der Waals surface area contributed by atoms with Crippen LogP contribution < -0.4 is 14.6 Å². The molecule has 2 fully saturated rings. The predicted octanol–water partition coefficient (Wildman–Crippen LogP) is 3.43. The van der Waals surface area contributed by atoms with Gasteiger partial charge in [-0.1, -0.05) is 24.3 Å². The number of aromatic nitrogens is 4. The second-order valence-corrected chi connectivity index (χ2v) is 16.1. The molecule has 6 rings (SSSR count). The summed E-state index contributed by atoms with van der Waals surface area (Å²) in [6.45, 7) is 8.72. The largest absolute Gasteiger partial charge is 0.497 e. The van der Waals surface area contributed by atoms with Crippen LogP contribution in [0.4, 0.5) is 0 Å². The van der Waals surface area contributed by atoms with Gasteiger partial charge in [0.25, 0.3) is 20.0 Å². The van der Waals surface area contributed by atoms with Gasteiger partial charge in [-0.15, -0.1) is 0 Å². The van der Waals surface area contributed by atoms with Crippen LogP contribution in [0.3, 0.4) is 0 Å². The highest BCUT2D eigenvalue weighted by molar-refractivity contribution is 7.89. The Hall–Kier alpha value is -3.80. The van der Waals surface area contributed by atoms with Gasteiger partial charge in [0.2, 0.25) is 0 Å². The third-order valence-electron chi connectivity index (χ3n) is 9.45. The summed E-state index contributed by atoms with van der Waals surface area (Å²) in [6.07, 6.45) is 2.37. The van der Waals surface area contributed by atoms with Gasteiger partial charge < -0.3 is 9.47 Å². The van der Waals surface area contributed by atoms with Crippen LogP contribution in [-0.2, 0) is 47.2 Å². The van der Waals surface area contributed by atoms with E-state index < -0.39 is 20.0 Å². The van der Waals surface area contributed by atoms with Crippen molar-refractivity contribution in [2.75, 3.05) is 40.4 Å². The zero-order valence-electron chi connectivity index (χ0n) is 29.6. The minimum Gasteiger partial charge on any atom is -0.497 e. The summed E-state index contributed by atoms with van der Waals surface area (Å²) in [7, 11) is -0.804. The average Bonchev–Trinajstić information content (AvgIpc) is 3.63. The fourth-order valence-corrected chi connectivity index (χ4v) is 7.93. The van der Waals surface area contributed by atoms with Crippen molar-refractivity contribution in [1.82, 2.24) is 33.7 Å². The van der Waals surface area contributed by atoms with Crippen molar-refractivity contribution < 1.29 is 26.3 Å². The lowest BCUT2D eigenvalue weighted by atomic mass is 10.1. The summed E-state index contributed by atoms with van der Waals surface area (Å²) in [5, 5.41) is 13.4.